The number of alkyl halides is 7. The highest BCUT2D eigenvalue weighted by atomic mass is 35.5. The Morgan fingerprint density at radius 2 is 2.00 bits per heavy atom. The Hall–Kier alpha value is -3.87. The smallest absolute Gasteiger partial charge is 0.428 e. The van der Waals surface area contributed by atoms with Crippen molar-refractivity contribution >= 4 is 35.1 Å². The summed E-state index contributed by atoms with van der Waals surface area (Å²) >= 11 is 6.05. The van der Waals surface area contributed by atoms with Crippen LogP contribution in [0.4, 0.5) is 36.6 Å². The van der Waals surface area contributed by atoms with E-state index in [0.29, 0.717) is 17.5 Å². The van der Waals surface area contributed by atoms with Gasteiger partial charge in [0.1, 0.15) is 10.7 Å². The number of halogens is 8. The summed E-state index contributed by atoms with van der Waals surface area (Å²) in [6.07, 6.45) is -2.37. The van der Waals surface area contributed by atoms with Crippen LogP contribution in [0.3, 0.4) is 0 Å². The minimum absolute atomic E-state index is 0.0689. The molecule has 2 aromatic heterocycles. The highest BCUT2D eigenvalue weighted by Gasteiger charge is 2.62. The Morgan fingerprint density at radius 3 is 2.50 bits per heavy atom. The zero-order valence-electron chi connectivity index (χ0n) is 19.4. The third-order valence-corrected chi connectivity index (χ3v) is 5.92. The van der Waals surface area contributed by atoms with E-state index in [2.05, 4.69) is 19.8 Å². The lowest BCUT2D eigenvalue weighted by atomic mass is 10.1. The van der Waals surface area contributed by atoms with Crippen molar-refractivity contribution in [2.75, 3.05) is 7.05 Å². The van der Waals surface area contributed by atoms with Crippen molar-refractivity contribution in [3.05, 3.63) is 40.4 Å². The van der Waals surface area contributed by atoms with Crippen molar-refractivity contribution in [3.63, 3.8) is 0 Å². The number of pyridine rings is 1. The minimum Gasteiger partial charge on any atom is -0.428 e. The van der Waals surface area contributed by atoms with Gasteiger partial charge in [0.2, 0.25) is 0 Å². The maximum absolute atomic E-state index is 13.9. The fraction of sp³-hybridized carbons (Fsp3) is 0.381. The van der Waals surface area contributed by atoms with E-state index in [9.17, 15) is 40.8 Å². The Labute approximate surface area is 214 Å². The summed E-state index contributed by atoms with van der Waals surface area (Å²) < 4.78 is 96.7. The molecule has 0 bridgehead atoms. The molecule has 2 aromatic rings. The predicted molar refractivity (Wildman–Crippen MR) is 119 cm³/mol. The second-order valence-corrected chi connectivity index (χ2v) is 8.38. The van der Waals surface area contributed by atoms with E-state index >= 15 is 0 Å². The molecule has 1 fully saturated rings. The van der Waals surface area contributed by atoms with E-state index in [4.69, 9.17) is 17.3 Å². The second kappa shape index (κ2) is 10.1. The Morgan fingerprint density at radius 1 is 1.37 bits per heavy atom. The van der Waals surface area contributed by atoms with Gasteiger partial charge in [0, 0.05) is 43.8 Å². The zero-order chi connectivity index (χ0) is 28.6. The number of hydrogen-bond acceptors (Lipinski definition) is 7. The number of nitrogens with zero attached hydrogens (tertiary/aromatic N) is 6. The number of carbonyl (C=O) groups excluding carboxylic acids is 1. The number of nitrogens with two attached hydrogens (primary N) is 1. The van der Waals surface area contributed by atoms with Crippen LogP contribution in [0.1, 0.15) is 34.5 Å². The monoisotopic (exact) mass is 567 g/mol. The molecule has 9 nitrogen and oxygen atoms in total. The average Bonchev–Trinajstić information content (AvgIpc) is 3.58. The molecular formula is C21H17ClF7N7O2. The van der Waals surface area contributed by atoms with Crippen LogP contribution in [0.2, 0.25) is 5.15 Å². The number of aromatic nitrogens is 3. The van der Waals surface area contributed by atoms with E-state index in [1.165, 1.54) is 18.0 Å². The van der Waals surface area contributed by atoms with Crippen molar-refractivity contribution in [2.24, 2.45) is 17.8 Å². The lowest BCUT2D eigenvalue weighted by molar-refractivity contribution is -0.291. The molecule has 1 aliphatic carbocycles. The molecule has 204 valence electrons. The standard InChI is InChI=1S/C21H17ClF7N7O2/c1-35(19(9-31)3-4-19)17(37)12-5-10(7-32-15(12)22)11(6-30)8-33-16-13(38-18(23)24)14(34-36(16)2)20(25,26)21(27,28)29/h5-8,18H,3-4,30H2,1-2H3. The number of hydrogen-bond donors (Lipinski definition) is 1. The highest BCUT2D eigenvalue weighted by molar-refractivity contribution is 6.32. The SMILES string of the molecule is CN(C(=O)c1cc(C(C=Nc2c(OC(F)F)c(C(F)(F)C(F)(F)F)nn2C)=CN)cnc1Cl)C1(C#N)CC1. The molecule has 1 aliphatic rings. The first-order valence-electron chi connectivity index (χ1n) is 10.4. The van der Waals surface area contributed by atoms with Crippen LogP contribution in [0, 0.1) is 11.3 Å². The van der Waals surface area contributed by atoms with Gasteiger partial charge in [-0.2, -0.15) is 41.1 Å². The van der Waals surface area contributed by atoms with Gasteiger partial charge in [-0.3, -0.25) is 4.79 Å². The number of nitriles is 1. The van der Waals surface area contributed by atoms with Gasteiger partial charge < -0.3 is 15.4 Å². The maximum atomic E-state index is 13.9. The Kier molecular flexibility index (Phi) is 7.64. The summed E-state index contributed by atoms with van der Waals surface area (Å²) in [4.78, 5) is 21.7. The first kappa shape index (κ1) is 28.7. The Bertz CT molecular complexity index is 1340. The summed E-state index contributed by atoms with van der Waals surface area (Å²) in [6.45, 7) is -3.78. The van der Waals surface area contributed by atoms with Crippen LogP contribution in [-0.2, 0) is 13.0 Å². The fourth-order valence-corrected chi connectivity index (χ4v) is 3.48. The molecule has 1 amide bonds. The molecule has 0 unspecified atom stereocenters. The molecule has 1 saturated carbocycles. The lowest BCUT2D eigenvalue weighted by Crippen LogP contribution is -2.38. The number of rotatable bonds is 8. The minimum atomic E-state index is -6.17. The van der Waals surface area contributed by atoms with Gasteiger partial charge in [-0.15, -0.1) is 0 Å². The van der Waals surface area contributed by atoms with Crippen molar-refractivity contribution in [1.82, 2.24) is 19.7 Å². The average molecular weight is 568 g/mol. The van der Waals surface area contributed by atoms with E-state index < -0.39 is 47.4 Å². The number of aliphatic imine (C=N–C) groups is 1. The molecule has 2 heterocycles. The summed E-state index contributed by atoms with van der Waals surface area (Å²) in [6, 6.07) is 3.28. The van der Waals surface area contributed by atoms with E-state index in [0.717, 1.165) is 25.7 Å². The maximum Gasteiger partial charge on any atom is 0.459 e. The summed E-state index contributed by atoms with van der Waals surface area (Å²) in [5, 5.41) is 12.1. The number of amides is 1. The van der Waals surface area contributed by atoms with Crippen LogP contribution in [-0.4, -0.2) is 57.2 Å². The molecule has 0 atom stereocenters. The quantitative estimate of drug-likeness (QED) is 0.284. The third-order valence-electron chi connectivity index (χ3n) is 5.62. The summed E-state index contributed by atoms with van der Waals surface area (Å²) in [5.41, 5.74) is 2.37. The second-order valence-electron chi connectivity index (χ2n) is 8.03. The van der Waals surface area contributed by atoms with Crippen molar-refractivity contribution in [1.29, 1.82) is 5.26 Å². The molecule has 0 aliphatic heterocycles. The lowest BCUT2D eigenvalue weighted by Gasteiger charge is -2.22. The summed E-state index contributed by atoms with van der Waals surface area (Å²) in [7, 11) is 2.29. The molecule has 17 heteroatoms. The first-order valence-corrected chi connectivity index (χ1v) is 10.8. The van der Waals surface area contributed by atoms with Crippen LogP contribution in [0.5, 0.6) is 5.75 Å². The largest absolute Gasteiger partial charge is 0.459 e. The number of allylic oxidation sites excluding steroid dienone is 1. The molecule has 38 heavy (non-hydrogen) atoms. The fourth-order valence-electron chi connectivity index (χ4n) is 3.29. The molecular weight excluding hydrogens is 551 g/mol. The highest BCUT2D eigenvalue weighted by Crippen LogP contribution is 2.49. The number of carbonyl (C=O) groups is 1. The zero-order valence-corrected chi connectivity index (χ0v) is 20.2. The topological polar surface area (TPSA) is 122 Å². The number of ether oxygens (including phenoxy) is 1. The molecule has 3 rings (SSSR count). The Balaban J connectivity index is 2.02. The van der Waals surface area contributed by atoms with Gasteiger partial charge in [0.15, 0.2) is 17.3 Å². The first-order chi connectivity index (χ1) is 17.6. The molecule has 0 spiro atoms. The van der Waals surface area contributed by atoms with Crippen LogP contribution in [0.25, 0.3) is 5.57 Å². The van der Waals surface area contributed by atoms with Gasteiger partial charge >= 0.3 is 18.7 Å². The van der Waals surface area contributed by atoms with Crippen molar-refractivity contribution in [3.8, 4) is 11.8 Å². The molecule has 2 N–H and O–H groups in total. The van der Waals surface area contributed by atoms with Crippen LogP contribution < -0.4 is 10.5 Å². The third kappa shape index (κ3) is 5.23. The van der Waals surface area contributed by atoms with E-state index in [1.54, 1.807) is 0 Å². The normalized spacial score (nSPS) is 15.6. The van der Waals surface area contributed by atoms with Gasteiger partial charge in [-0.25, -0.2) is 14.7 Å². The van der Waals surface area contributed by atoms with Crippen molar-refractivity contribution in [2.45, 2.75) is 37.1 Å². The van der Waals surface area contributed by atoms with E-state index in [1.807, 2.05) is 6.07 Å². The van der Waals surface area contributed by atoms with Crippen LogP contribution >= 0.6 is 11.6 Å². The van der Waals surface area contributed by atoms with Gasteiger partial charge in [-0.1, -0.05) is 11.6 Å². The van der Waals surface area contributed by atoms with Gasteiger partial charge in [0.25, 0.3) is 5.91 Å². The number of aryl methyl sites for hydroxylation is 1. The molecule has 0 radical (unpaired) electrons. The molecule has 0 saturated heterocycles. The van der Waals surface area contributed by atoms with Crippen molar-refractivity contribution < 1.29 is 40.3 Å². The predicted octanol–water partition coefficient (Wildman–Crippen LogP) is 4.55. The van der Waals surface area contributed by atoms with Crippen LogP contribution in [0.15, 0.2) is 23.5 Å². The van der Waals surface area contributed by atoms with Gasteiger partial charge in [0.05, 0.1) is 11.6 Å². The molecule has 0 aromatic carbocycles. The summed E-state index contributed by atoms with van der Waals surface area (Å²) in [5.74, 6) is -8.80. The van der Waals surface area contributed by atoms with E-state index in [-0.39, 0.29) is 21.9 Å². The van der Waals surface area contributed by atoms with Gasteiger partial charge in [-0.05, 0) is 18.9 Å².